The van der Waals surface area contributed by atoms with Crippen LogP contribution in [0.4, 0.5) is 0 Å². The van der Waals surface area contributed by atoms with E-state index in [0.29, 0.717) is 11.2 Å². The number of rotatable bonds is 1. The van der Waals surface area contributed by atoms with E-state index in [-0.39, 0.29) is 17.3 Å². The molecule has 0 N–H and O–H groups in total. The molecule has 6 nitrogen and oxygen atoms in total. The Morgan fingerprint density at radius 3 is 2.17 bits per heavy atom. The van der Waals surface area contributed by atoms with Gasteiger partial charge in [0, 0.05) is 20.1 Å². The highest BCUT2D eigenvalue weighted by molar-refractivity contribution is 5.70. The van der Waals surface area contributed by atoms with Crippen molar-refractivity contribution in [1.29, 1.82) is 0 Å². The number of nitrogens with zero attached hydrogens (tertiary/aromatic N) is 4. The van der Waals surface area contributed by atoms with Crippen LogP contribution in [0.1, 0.15) is 33.7 Å². The van der Waals surface area contributed by atoms with Gasteiger partial charge in [-0.15, -0.1) is 0 Å². The molecule has 2 rings (SSSR count). The normalized spacial score (nSPS) is 10.6. The molecule has 0 bridgehead atoms. The van der Waals surface area contributed by atoms with Gasteiger partial charge in [0.25, 0.3) is 5.56 Å². The Bertz CT molecular complexity index is 661. The van der Waals surface area contributed by atoms with Crippen LogP contribution in [0.5, 0.6) is 0 Å². The van der Waals surface area contributed by atoms with Crippen LogP contribution < -0.4 is 11.2 Å². The highest BCUT2D eigenvalue weighted by Crippen LogP contribution is 2.11. The van der Waals surface area contributed by atoms with Gasteiger partial charge in [-0.1, -0.05) is 13.8 Å². The maximum absolute atomic E-state index is 12.0. The quantitative estimate of drug-likeness (QED) is 0.762. The lowest BCUT2D eigenvalue weighted by atomic mass is 10.4. The van der Waals surface area contributed by atoms with E-state index in [9.17, 15) is 9.59 Å². The lowest BCUT2D eigenvalue weighted by Gasteiger charge is -2.08. The Balaban J connectivity index is 0.000000771. The van der Waals surface area contributed by atoms with E-state index in [1.165, 1.54) is 11.6 Å². The summed E-state index contributed by atoms with van der Waals surface area (Å²) >= 11 is 0. The number of hydrogen-bond donors (Lipinski definition) is 0. The zero-order valence-corrected chi connectivity index (χ0v) is 11.8. The molecule has 0 radical (unpaired) electrons. The summed E-state index contributed by atoms with van der Waals surface area (Å²) in [6, 6.07) is 0.134. The molecule has 0 aliphatic carbocycles. The molecule has 6 heteroatoms. The number of hydrogen-bond acceptors (Lipinski definition) is 3. The summed E-state index contributed by atoms with van der Waals surface area (Å²) < 4.78 is 4.26. The standard InChI is InChI=1S/C10H14N4O2.C2H6/c1-6(2)14-5-11-8-7(14)9(15)13(4)10(16)12(8)3;1-2/h5-6H,1-4H3;1-2H3. The van der Waals surface area contributed by atoms with Gasteiger partial charge in [0.1, 0.15) is 0 Å². The fourth-order valence-electron chi connectivity index (χ4n) is 1.76. The second-order valence-electron chi connectivity index (χ2n) is 4.12. The number of aromatic nitrogens is 4. The van der Waals surface area contributed by atoms with Crippen LogP contribution in [0.25, 0.3) is 11.2 Å². The first-order chi connectivity index (χ1) is 8.45. The van der Waals surface area contributed by atoms with Gasteiger partial charge in [-0.05, 0) is 13.8 Å². The van der Waals surface area contributed by atoms with Gasteiger partial charge in [-0.2, -0.15) is 0 Å². The van der Waals surface area contributed by atoms with E-state index in [4.69, 9.17) is 0 Å². The monoisotopic (exact) mass is 252 g/mol. The van der Waals surface area contributed by atoms with Gasteiger partial charge in [0.15, 0.2) is 11.2 Å². The second kappa shape index (κ2) is 5.20. The number of aryl methyl sites for hydroxylation is 1. The fraction of sp³-hybridized carbons (Fsp3) is 0.583. The van der Waals surface area contributed by atoms with Gasteiger partial charge in [0.05, 0.1) is 6.33 Å². The zero-order chi connectivity index (χ0) is 14.0. The summed E-state index contributed by atoms with van der Waals surface area (Å²) in [7, 11) is 3.09. The zero-order valence-electron chi connectivity index (χ0n) is 11.8. The van der Waals surface area contributed by atoms with E-state index < -0.39 is 0 Å². The molecule has 0 aliphatic rings. The average molecular weight is 252 g/mol. The molecule has 18 heavy (non-hydrogen) atoms. The van der Waals surface area contributed by atoms with Crippen LogP contribution >= 0.6 is 0 Å². The van der Waals surface area contributed by atoms with Crippen LogP contribution in [-0.2, 0) is 14.1 Å². The smallest absolute Gasteiger partial charge is 0.322 e. The van der Waals surface area contributed by atoms with E-state index in [1.807, 2.05) is 27.7 Å². The first-order valence-corrected chi connectivity index (χ1v) is 6.07. The fourth-order valence-corrected chi connectivity index (χ4v) is 1.76. The van der Waals surface area contributed by atoms with Crippen molar-refractivity contribution in [1.82, 2.24) is 18.7 Å². The molecule has 0 spiro atoms. The molecule has 0 atom stereocenters. The second-order valence-corrected chi connectivity index (χ2v) is 4.12. The number of imidazole rings is 1. The van der Waals surface area contributed by atoms with Crippen molar-refractivity contribution < 1.29 is 0 Å². The van der Waals surface area contributed by atoms with Crippen LogP contribution in [-0.4, -0.2) is 18.7 Å². The summed E-state index contributed by atoms with van der Waals surface area (Å²) in [5.74, 6) is 0. The minimum atomic E-state index is -0.355. The van der Waals surface area contributed by atoms with Gasteiger partial charge in [0.2, 0.25) is 0 Å². The Morgan fingerprint density at radius 1 is 1.11 bits per heavy atom. The first-order valence-electron chi connectivity index (χ1n) is 6.07. The van der Waals surface area contributed by atoms with Crippen molar-refractivity contribution >= 4 is 11.2 Å². The third-order valence-electron chi connectivity index (χ3n) is 2.73. The lowest BCUT2D eigenvalue weighted by Crippen LogP contribution is -2.37. The van der Waals surface area contributed by atoms with Crippen LogP contribution in [0, 0.1) is 0 Å². The summed E-state index contributed by atoms with van der Waals surface area (Å²) in [5.41, 5.74) is 0.247. The van der Waals surface area contributed by atoms with E-state index >= 15 is 0 Å². The molecular weight excluding hydrogens is 232 g/mol. The molecule has 2 aromatic heterocycles. The van der Waals surface area contributed by atoms with Crippen molar-refractivity contribution in [3.8, 4) is 0 Å². The Morgan fingerprint density at radius 2 is 1.67 bits per heavy atom. The minimum Gasteiger partial charge on any atom is -0.322 e. The first kappa shape index (κ1) is 14.2. The maximum atomic E-state index is 12.0. The Kier molecular flexibility index (Phi) is 4.11. The molecule has 0 aliphatic heterocycles. The Hall–Kier alpha value is -1.85. The van der Waals surface area contributed by atoms with Gasteiger partial charge >= 0.3 is 5.69 Å². The minimum absolute atomic E-state index is 0.134. The molecule has 100 valence electrons. The van der Waals surface area contributed by atoms with E-state index in [0.717, 1.165) is 4.57 Å². The molecule has 0 saturated carbocycles. The molecule has 0 saturated heterocycles. The maximum Gasteiger partial charge on any atom is 0.332 e. The summed E-state index contributed by atoms with van der Waals surface area (Å²) in [6.45, 7) is 7.93. The highest BCUT2D eigenvalue weighted by atomic mass is 16.2. The molecule has 2 aromatic rings. The van der Waals surface area contributed by atoms with Gasteiger partial charge in [-0.25, -0.2) is 9.78 Å². The summed E-state index contributed by atoms with van der Waals surface area (Å²) in [4.78, 5) is 27.8. The summed E-state index contributed by atoms with van der Waals surface area (Å²) in [5, 5.41) is 0. The summed E-state index contributed by atoms with van der Waals surface area (Å²) in [6.07, 6.45) is 1.59. The van der Waals surface area contributed by atoms with Crippen LogP contribution in [0.2, 0.25) is 0 Å². The lowest BCUT2D eigenvalue weighted by molar-refractivity contribution is 0.610. The SMILES string of the molecule is CC.CC(C)n1cnc2c1c(=O)n(C)c(=O)n2C. The average Bonchev–Trinajstić information content (AvgIpc) is 2.81. The molecular formula is C12H20N4O2. The largest absolute Gasteiger partial charge is 0.332 e. The Labute approximate surface area is 105 Å². The third kappa shape index (κ3) is 1.98. The molecule has 0 amide bonds. The highest BCUT2D eigenvalue weighted by Gasteiger charge is 2.15. The third-order valence-corrected chi connectivity index (χ3v) is 2.73. The van der Waals surface area contributed by atoms with Crippen LogP contribution in [0.3, 0.4) is 0 Å². The molecule has 0 unspecified atom stereocenters. The predicted octanol–water partition coefficient (Wildman–Crippen LogP) is 1.04. The van der Waals surface area contributed by atoms with Crippen molar-refractivity contribution in [3.05, 3.63) is 27.2 Å². The van der Waals surface area contributed by atoms with E-state index in [1.54, 1.807) is 17.9 Å². The van der Waals surface area contributed by atoms with Gasteiger partial charge < -0.3 is 4.57 Å². The van der Waals surface area contributed by atoms with Crippen molar-refractivity contribution in [2.45, 2.75) is 33.7 Å². The number of fused-ring (bicyclic) bond motifs is 1. The van der Waals surface area contributed by atoms with Gasteiger partial charge in [-0.3, -0.25) is 13.9 Å². The van der Waals surface area contributed by atoms with E-state index in [2.05, 4.69) is 4.98 Å². The van der Waals surface area contributed by atoms with Crippen LogP contribution in [0.15, 0.2) is 15.9 Å². The molecule has 0 fully saturated rings. The molecule has 2 heterocycles. The molecule has 0 aromatic carbocycles. The predicted molar refractivity (Wildman–Crippen MR) is 71.9 cm³/mol. The topological polar surface area (TPSA) is 61.8 Å². The van der Waals surface area contributed by atoms with Crippen molar-refractivity contribution in [3.63, 3.8) is 0 Å². The van der Waals surface area contributed by atoms with Crippen molar-refractivity contribution in [2.24, 2.45) is 14.1 Å². The van der Waals surface area contributed by atoms with Crippen molar-refractivity contribution in [2.75, 3.05) is 0 Å².